The van der Waals surface area contributed by atoms with Gasteiger partial charge in [0, 0.05) is 19.3 Å². The third-order valence-corrected chi connectivity index (χ3v) is 6.81. The summed E-state index contributed by atoms with van der Waals surface area (Å²) >= 11 is 1.28. The van der Waals surface area contributed by atoms with Gasteiger partial charge in [-0.3, -0.25) is 9.69 Å². The average Bonchev–Trinajstić information content (AvgIpc) is 3.14. The molecule has 0 radical (unpaired) electrons. The third-order valence-electron chi connectivity index (χ3n) is 4.64. The zero-order valence-electron chi connectivity index (χ0n) is 16.8. The zero-order valence-corrected chi connectivity index (χ0v) is 18.4. The number of para-hydroxylation sites is 1. The van der Waals surface area contributed by atoms with E-state index in [9.17, 15) is 13.2 Å². The van der Waals surface area contributed by atoms with Crippen LogP contribution < -0.4 is 4.90 Å². The molecule has 0 bridgehead atoms. The first-order valence-corrected chi connectivity index (χ1v) is 12.1. The molecular weight excluding hydrogens is 414 g/mol. The maximum Gasteiger partial charge on any atom is 0.298 e. The molecule has 1 aromatic carbocycles. The van der Waals surface area contributed by atoms with Crippen molar-refractivity contribution in [2.45, 2.75) is 18.7 Å². The van der Waals surface area contributed by atoms with E-state index in [-0.39, 0.29) is 16.6 Å². The fourth-order valence-electron chi connectivity index (χ4n) is 3.01. The Morgan fingerprint density at radius 1 is 1.21 bits per heavy atom. The molecule has 0 unspecified atom stereocenters. The highest BCUT2D eigenvalue weighted by atomic mass is 32.2. The van der Waals surface area contributed by atoms with Crippen molar-refractivity contribution in [1.82, 2.24) is 9.88 Å². The summed E-state index contributed by atoms with van der Waals surface area (Å²) in [6.45, 7) is 7.60. The minimum absolute atomic E-state index is 0.124. The Morgan fingerprint density at radius 2 is 1.97 bits per heavy atom. The second kappa shape index (κ2) is 9.10. The Labute approximate surface area is 174 Å². The molecule has 8 nitrogen and oxygen atoms in total. The highest BCUT2D eigenvalue weighted by Gasteiger charge is 2.27. The number of likely N-dealkylation sites (N-methyl/N-ethyl adjacent to an activating group) is 1. The lowest BCUT2D eigenvalue weighted by Crippen LogP contribution is -2.40. The lowest BCUT2D eigenvalue weighted by atomic mass is 10.3. The summed E-state index contributed by atoms with van der Waals surface area (Å²) in [5.74, 6) is -0.227. The number of thiazole rings is 1. The van der Waals surface area contributed by atoms with Crippen molar-refractivity contribution in [2.75, 3.05) is 50.5 Å². The van der Waals surface area contributed by atoms with Crippen LogP contribution in [0.5, 0.6) is 0 Å². The van der Waals surface area contributed by atoms with Gasteiger partial charge in [0.2, 0.25) is 5.76 Å². The normalized spacial score (nSPS) is 14.4. The van der Waals surface area contributed by atoms with Crippen LogP contribution in [0.15, 0.2) is 35.1 Å². The summed E-state index contributed by atoms with van der Waals surface area (Å²) < 4.78 is 35.7. The molecule has 2 aromatic rings. The smallest absolute Gasteiger partial charge is 0.298 e. The third kappa shape index (κ3) is 4.88. The van der Waals surface area contributed by atoms with Crippen LogP contribution >= 0.6 is 11.3 Å². The first-order chi connectivity index (χ1) is 13.8. The van der Waals surface area contributed by atoms with Gasteiger partial charge in [0.15, 0.2) is 15.0 Å². The fourth-order valence-corrected chi connectivity index (χ4v) is 4.92. The van der Waals surface area contributed by atoms with Crippen LogP contribution in [0.2, 0.25) is 0 Å². The summed E-state index contributed by atoms with van der Waals surface area (Å²) in [6.07, 6.45) is 2.48. The average molecular weight is 440 g/mol. The molecule has 0 aliphatic carbocycles. The van der Waals surface area contributed by atoms with Gasteiger partial charge in [-0.05, 0) is 25.2 Å². The molecule has 1 aromatic heterocycles. The quantitative estimate of drug-likeness (QED) is 0.623. The van der Waals surface area contributed by atoms with Crippen molar-refractivity contribution >= 4 is 42.4 Å². The summed E-state index contributed by atoms with van der Waals surface area (Å²) in [4.78, 5) is 21.5. The molecule has 3 rings (SSSR count). The van der Waals surface area contributed by atoms with Crippen molar-refractivity contribution in [3.63, 3.8) is 0 Å². The number of benzene rings is 1. The number of sulfone groups is 1. The largest absolute Gasteiger partial charge is 0.494 e. The highest BCUT2D eigenvalue weighted by Crippen LogP contribution is 2.33. The van der Waals surface area contributed by atoms with E-state index in [0.717, 1.165) is 19.3 Å². The number of rotatable bonds is 8. The van der Waals surface area contributed by atoms with Gasteiger partial charge in [0.25, 0.3) is 5.91 Å². The van der Waals surface area contributed by atoms with Gasteiger partial charge in [-0.15, -0.1) is 0 Å². The Balaban J connectivity index is 2.01. The SMILES string of the molecule is CCN(CC)CCN(C(=O)C1=COCCO1)c1nc2c(S(C)(=O)=O)cccc2s1. The lowest BCUT2D eigenvalue weighted by molar-refractivity contribution is -0.119. The molecule has 1 aliphatic heterocycles. The summed E-state index contributed by atoms with van der Waals surface area (Å²) in [6, 6.07) is 5.02. The molecule has 0 saturated carbocycles. The van der Waals surface area contributed by atoms with Crippen molar-refractivity contribution in [3.05, 3.63) is 30.2 Å². The van der Waals surface area contributed by atoms with Gasteiger partial charge in [-0.25, -0.2) is 13.4 Å². The van der Waals surface area contributed by atoms with E-state index in [1.54, 1.807) is 12.1 Å². The number of fused-ring (bicyclic) bond motifs is 1. The number of carbonyl (C=O) groups excluding carboxylic acids is 1. The standard InChI is InChI=1S/C19H25N3O5S2/c1-4-21(5-2)9-10-22(18(23)14-13-26-11-12-27-14)19-20-17-15(28-19)7-6-8-16(17)29(3,24)25/h6-8,13H,4-5,9-12H2,1-3H3. The van der Waals surface area contributed by atoms with E-state index in [1.807, 2.05) is 0 Å². The van der Waals surface area contributed by atoms with E-state index >= 15 is 0 Å². The lowest BCUT2D eigenvalue weighted by Gasteiger charge is -2.26. The van der Waals surface area contributed by atoms with Gasteiger partial charge in [0.1, 0.15) is 25.0 Å². The number of amides is 1. The predicted octanol–water partition coefficient (Wildman–Crippen LogP) is 2.26. The number of carbonyl (C=O) groups is 1. The summed E-state index contributed by atoms with van der Waals surface area (Å²) in [5, 5.41) is 0.434. The van der Waals surface area contributed by atoms with Gasteiger partial charge in [-0.1, -0.05) is 31.3 Å². The van der Waals surface area contributed by atoms with E-state index in [1.165, 1.54) is 28.6 Å². The molecule has 158 valence electrons. The zero-order chi connectivity index (χ0) is 21.0. The van der Waals surface area contributed by atoms with Crippen molar-refractivity contribution in [3.8, 4) is 0 Å². The molecule has 0 spiro atoms. The minimum atomic E-state index is -3.44. The number of aromatic nitrogens is 1. The van der Waals surface area contributed by atoms with E-state index in [4.69, 9.17) is 9.47 Å². The van der Waals surface area contributed by atoms with Crippen LogP contribution in [-0.2, 0) is 24.1 Å². The van der Waals surface area contributed by atoms with Gasteiger partial charge in [-0.2, -0.15) is 0 Å². The Kier molecular flexibility index (Phi) is 6.76. The number of nitrogens with zero attached hydrogens (tertiary/aromatic N) is 3. The molecule has 2 heterocycles. The maximum absolute atomic E-state index is 13.1. The van der Waals surface area contributed by atoms with E-state index in [2.05, 4.69) is 23.7 Å². The second-order valence-corrected chi connectivity index (χ2v) is 9.55. The Morgan fingerprint density at radius 3 is 2.59 bits per heavy atom. The van der Waals surface area contributed by atoms with Crippen molar-refractivity contribution < 1.29 is 22.7 Å². The van der Waals surface area contributed by atoms with Crippen LogP contribution in [0.4, 0.5) is 5.13 Å². The molecule has 0 N–H and O–H groups in total. The predicted molar refractivity (Wildman–Crippen MR) is 113 cm³/mol. The van der Waals surface area contributed by atoms with E-state index in [0.29, 0.717) is 41.7 Å². The first-order valence-electron chi connectivity index (χ1n) is 9.43. The first kappa shape index (κ1) is 21.5. The molecule has 1 amide bonds. The number of hydrogen-bond acceptors (Lipinski definition) is 8. The highest BCUT2D eigenvalue weighted by molar-refractivity contribution is 7.91. The van der Waals surface area contributed by atoms with Crippen LogP contribution in [0, 0.1) is 0 Å². The second-order valence-electron chi connectivity index (χ2n) is 6.56. The maximum atomic E-state index is 13.1. The molecule has 10 heteroatoms. The fraction of sp³-hybridized carbons (Fsp3) is 0.474. The molecule has 0 atom stereocenters. The van der Waals surface area contributed by atoms with Crippen molar-refractivity contribution in [2.24, 2.45) is 0 Å². The van der Waals surface area contributed by atoms with Gasteiger partial charge in [0.05, 0.1) is 9.60 Å². The van der Waals surface area contributed by atoms with Gasteiger partial charge >= 0.3 is 0 Å². The molecule has 0 saturated heterocycles. The number of hydrogen-bond donors (Lipinski definition) is 0. The van der Waals surface area contributed by atoms with E-state index < -0.39 is 9.84 Å². The molecule has 1 aliphatic rings. The topological polar surface area (TPSA) is 89.0 Å². The minimum Gasteiger partial charge on any atom is -0.494 e. The van der Waals surface area contributed by atoms with Crippen LogP contribution in [0.25, 0.3) is 10.2 Å². The summed E-state index contributed by atoms with van der Waals surface area (Å²) in [5.41, 5.74) is 0.380. The Hall–Kier alpha value is -2.17. The molecular formula is C19H25N3O5S2. The number of ether oxygens (including phenoxy) is 2. The monoisotopic (exact) mass is 439 g/mol. The van der Waals surface area contributed by atoms with Crippen LogP contribution in [0.1, 0.15) is 13.8 Å². The Bertz CT molecular complexity index is 1010. The van der Waals surface area contributed by atoms with Crippen LogP contribution in [0.3, 0.4) is 0 Å². The van der Waals surface area contributed by atoms with Gasteiger partial charge < -0.3 is 14.4 Å². The molecule has 29 heavy (non-hydrogen) atoms. The van der Waals surface area contributed by atoms with Crippen molar-refractivity contribution in [1.29, 1.82) is 0 Å². The summed E-state index contributed by atoms with van der Waals surface area (Å²) in [7, 11) is -3.44. The molecule has 0 fully saturated rings. The van der Waals surface area contributed by atoms with Crippen LogP contribution in [-0.4, -0.2) is 69.9 Å². The number of anilines is 1.